The first-order chi connectivity index (χ1) is 13.6. The molecule has 0 N–H and O–H groups in total. The Morgan fingerprint density at radius 3 is 2.57 bits per heavy atom. The van der Waals surface area contributed by atoms with Crippen LogP contribution in [0.25, 0.3) is 17.3 Å². The number of rotatable bonds is 4. The summed E-state index contributed by atoms with van der Waals surface area (Å²) in [5.74, 6) is 0.712. The van der Waals surface area contributed by atoms with E-state index in [0.717, 1.165) is 22.6 Å². The molecule has 0 unspecified atom stereocenters. The van der Waals surface area contributed by atoms with Crippen molar-refractivity contribution in [3.63, 3.8) is 0 Å². The number of amides is 1. The van der Waals surface area contributed by atoms with Crippen molar-refractivity contribution in [2.75, 3.05) is 14.2 Å². The minimum absolute atomic E-state index is 0.0700. The van der Waals surface area contributed by atoms with E-state index in [0.29, 0.717) is 15.2 Å². The zero-order valence-corrected chi connectivity index (χ0v) is 17.0. The number of thioether (sulfide) groups is 1. The highest BCUT2D eigenvalue weighted by atomic mass is 32.2. The van der Waals surface area contributed by atoms with Gasteiger partial charge in [-0.3, -0.25) is 9.69 Å². The van der Waals surface area contributed by atoms with E-state index in [1.807, 2.05) is 66.1 Å². The van der Waals surface area contributed by atoms with Gasteiger partial charge in [0.1, 0.15) is 5.75 Å². The predicted molar refractivity (Wildman–Crippen MR) is 116 cm³/mol. The van der Waals surface area contributed by atoms with Gasteiger partial charge in [0.05, 0.1) is 17.7 Å². The van der Waals surface area contributed by atoms with Crippen LogP contribution >= 0.6 is 23.1 Å². The normalized spacial score (nSPS) is 16.9. The van der Waals surface area contributed by atoms with Crippen molar-refractivity contribution >= 4 is 45.4 Å². The monoisotopic (exact) mass is 407 g/mol. The number of ether oxygens (including phenoxy) is 1. The molecule has 1 aliphatic heterocycles. The van der Waals surface area contributed by atoms with Crippen LogP contribution in [-0.2, 0) is 4.79 Å². The molecule has 4 rings (SSSR count). The van der Waals surface area contributed by atoms with Crippen molar-refractivity contribution in [2.24, 2.45) is 4.99 Å². The first-order valence-electron chi connectivity index (χ1n) is 8.55. The molecule has 1 saturated heterocycles. The maximum atomic E-state index is 12.6. The first kappa shape index (κ1) is 18.5. The minimum Gasteiger partial charge on any atom is -0.497 e. The van der Waals surface area contributed by atoms with Crippen molar-refractivity contribution in [2.45, 2.75) is 0 Å². The van der Waals surface area contributed by atoms with Crippen LogP contribution < -0.4 is 4.74 Å². The van der Waals surface area contributed by atoms with Gasteiger partial charge in [0.15, 0.2) is 5.17 Å². The number of hydrogen-bond donors (Lipinski definition) is 0. The molecule has 5 nitrogen and oxygen atoms in total. The summed E-state index contributed by atoms with van der Waals surface area (Å²) >= 11 is 2.81. The topological polar surface area (TPSA) is 54.8 Å². The highest BCUT2D eigenvalue weighted by Crippen LogP contribution is 2.35. The second kappa shape index (κ2) is 8.00. The van der Waals surface area contributed by atoms with Crippen LogP contribution in [0.3, 0.4) is 0 Å². The van der Waals surface area contributed by atoms with Crippen molar-refractivity contribution < 1.29 is 9.53 Å². The molecule has 0 aliphatic carbocycles. The SMILES string of the molecule is COc1ccc(/C=C2\S/C(=N/c3nc(-c4ccccc4)cs3)N(C)C2=O)cc1. The molecule has 1 amide bonds. The molecule has 28 heavy (non-hydrogen) atoms. The molecule has 7 heteroatoms. The van der Waals surface area contributed by atoms with Crippen LogP contribution in [0.1, 0.15) is 5.56 Å². The van der Waals surface area contributed by atoms with E-state index in [1.54, 1.807) is 19.1 Å². The number of carbonyl (C=O) groups excluding carboxylic acids is 1. The Kier molecular flexibility index (Phi) is 5.27. The molecule has 1 fully saturated rings. The number of methoxy groups -OCH3 is 1. The molecule has 0 atom stereocenters. The van der Waals surface area contributed by atoms with Gasteiger partial charge in [-0.1, -0.05) is 42.5 Å². The van der Waals surface area contributed by atoms with Gasteiger partial charge in [-0.05, 0) is 35.5 Å². The zero-order chi connectivity index (χ0) is 19.5. The summed E-state index contributed by atoms with van der Waals surface area (Å²) in [5, 5.41) is 3.23. The second-order valence-corrected chi connectivity index (χ2v) is 7.87. The summed E-state index contributed by atoms with van der Waals surface area (Å²) in [7, 11) is 3.36. The number of thiazole rings is 1. The molecule has 140 valence electrons. The zero-order valence-electron chi connectivity index (χ0n) is 15.3. The Morgan fingerprint density at radius 2 is 1.86 bits per heavy atom. The molecule has 0 bridgehead atoms. The summed E-state index contributed by atoms with van der Waals surface area (Å²) in [5.41, 5.74) is 2.87. The van der Waals surface area contributed by atoms with Gasteiger partial charge < -0.3 is 4.74 Å². The Balaban J connectivity index is 1.56. The van der Waals surface area contributed by atoms with Crippen molar-refractivity contribution in [1.82, 2.24) is 9.88 Å². The van der Waals surface area contributed by atoms with Gasteiger partial charge in [0, 0.05) is 18.0 Å². The van der Waals surface area contributed by atoms with E-state index in [4.69, 9.17) is 4.74 Å². The first-order valence-corrected chi connectivity index (χ1v) is 10.2. The predicted octanol–water partition coefficient (Wildman–Crippen LogP) is 5.05. The summed E-state index contributed by atoms with van der Waals surface area (Å²) < 4.78 is 5.17. The molecule has 0 radical (unpaired) electrons. The number of nitrogens with zero attached hydrogens (tertiary/aromatic N) is 3. The lowest BCUT2D eigenvalue weighted by atomic mass is 10.2. The van der Waals surface area contributed by atoms with Gasteiger partial charge in [0.25, 0.3) is 5.91 Å². The van der Waals surface area contributed by atoms with Gasteiger partial charge in [0.2, 0.25) is 5.13 Å². The van der Waals surface area contributed by atoms with Gasteiger partial charge >= 0.3 is 0 Å². The van der Waals surface area contributed by atoms with Crippen LogP contribution in [0, 0.1) is 0 Å². The van der Waals surface area contributed by atoms with Crippen molar-refractivity contribution in [3.8, 4) is 17.0 Å². The fourth-order valence-electron chi connectivity index (χ4n) is 2.64. The lowest BCUT2D eigenvalue weighted by Gasteiger charge is -2.05. The third-order valence-electron chi connectivity index (χ3n) is 4.17. The summed E-state index contributed by atoms with van der Waals surface area (Å²) in [6.45, 7) is 0. The summed E-state index contributed by atoms with van der Waals surface area (Å²) in [4.78, 5) is 23.9. The third kappa shape index (κ3) is 3.85. The molecule has 2 aromatic carbocycles. The molecular formula is C21H17N3O2S2. The Hall–Kier alpha value is -2.90. The fraction of sp³-hybridized carbons (Fsp3) is 0.0952. The quantitative estimate of drug-likeness (QED) is 0.568. The summed E-state index contributed by atoms with van der Waals surface area (Å²) in [6, 6.07) is 17.5. The van der Waals surface area contributed by atoms with Crippen LogP contribution in [0.5, 0.6) is 5.75 Å². The van der Waals surface area contributed by atoms with Crippen molar-refractivity contribution in [1.29, 1.82) is 0 Å². The number of amidine groups is 1. The summed E-state index contributed by atoms with van der Waals surface area (Å²) in [6.07, 6.45) is 1.86. The lowest BCUT2D eigenvalue weighted by molar-refractivity contribution is -0.121. The Labute approximate surface area is 171 Å². The third-order valence-corrected chi connectivity index (χ3v) is 5.96. The molecular weight excluding hydrogens is 390 g/mol. The smallest absolute Gasteiger partial charge is 0.266 e. The Morgan fingerprint density at radius 1 is 1.11 bits per heavy atom. The average molecular weight is 408 g/mol. The molecule has 2 heterocycles. The number of likely N-dealkylation sites (N-methyl/N-ethyl adjacent to an activating group) is 1. The van der Waals surface area contributed by atoms with Gasteiger partial charge in [-0.2, -0.15) is 4.99 Å². The van der Waals surface area contributed by atoms with Gasteiger partial charge in [-0.25, -0.2) is 4.98 Å². The molecule has 0 spiro atoms. The van der Waals surface area contributed by atoms with E-state index >= 15 is 0 Å². The van der Waals surface area contributed by atoms with E-state index in [1.165, 1.54) is 23.1 Å². The van der Waals surface area contributed by atoms with Crippen LogP contribution in [0.2, 0.25) is 0 Å². The molecule has 3 aromatic rings. The standard InChI is InChI=1S/C21H17N3O2S2/c1-24-19(25)18(12-14-8-10-16(26-2)11-9-14)28-21(24)23-20-22-17(13-27-20)15-6-4-3-5-7-15/h3-13H,1-2H3/b18-12-,23-21+. The van der Waals surface area contributed by atoms with E-state index in [-0.39, 0.29) is 5.91 Å². The number of aromatic nitrogens is 1. The van der Waals surface area contributed by atoms with Crippen LogP contribution in [0.15, 0.2) is 69.9 Å². The van der Waals surface area contributed by atoms with Crippen LogP contribution in [-0.4, -0.2) is 35.1 Å². The minimum atomic E-state index is -0.0700. The average Bonchev–Trinajstić information content (AvgIpc) is 3.30. The number of benzene rings is 2. The molecule has 1 aliphatic rings. The number of aliphatic imine (C=N–C) groups is 1. The Bertz CT molecular complexity index is 1060. The highest BCUT2D eigenvalue weighted by Gasteiger charge is 2.30. The lowest BCUT2D eigenvalue weighted by Crippen LogP contribution is -2.23. The van der Waals surface area contributed by atoms with E-state index in [9.17, 15) is 4.79 Å². The molecule has 1 aromatic heterocycles. The van der Waals surface area contributed by atoms with Crippen LogP contribution in [0.4, 0.5) is 5.13 Å². The maximum absolute atomic E-state index is 12.6. The van der Waals surface area contributed by atoms with E-state index in [2.05, 4.69) is 9.98 Å². The number of carbonyl (C=O) groups is 1. The van der Waals surface area contributed by atoms with Crippen molar-refractivity contribution in [3.05, 3.63) is 70.4 Å². The highest BCUT2D eigenvalue weighted by molar-refractivity contribution is 8.18. The second-order valence-electron chi connectivity index (χ2n) is 6.02. The van der Waals surface area contributed by atoms with E-state index < -0.39 is 0 Å². The largest absolute Gasteiger partial charge is 0.497 e. The molecule has 0 saturated carbocycles. The maximum Gasteiger partial charge on any atom is 0.266 e. The van der Waals surface area contributed by atoms with Gasteiger partial charge in [-0.15, -0.1) is 11.3 Å². The number of hydrogen-bond acceptors (Lipinski definition) is 6. The fourth-order valence-corrected chi connectivity index (χ4v) is 4.36.